The minimum absolute atomic E-state index is 0.214. The Kier molecular flexibility index (Phi) is 8.95. The molecule has 0 spiro atoms. The molecule has 186 valence electrons. The van der Waals surface area contributed by atoms with Gasteiger partial charge in [-0.25, -0.2) is 9.38 Å². The number of fused-ring (bicyclic) bond motifs is 1. The molecule has 0 aromatic heterocycles. The lowest BCUT2D eigenvalue weighted by atomic mass is 10.0. The Morgan fingerprint density at radius 3 is 2.68 bits per heavy atom. The molecule has 1 saturated carbocycles. The highest BCUT2D eigenvalue weighted by Gasteiger charge is 2.25. The number of aliphatic imine (C=N–C) groups is 1. The van der Waals surface area contributed by atoms with Crippen molar-refractivity contribution in [2.75, 3.05) is 36.0 Å². The normalized spacial score (nSPS) is 21.4. The summed E-state index contributed by atoms with van der Waals surface area (Å²) in [6, 6.07) is 4.12. The van der Waals surface area contributed by atoms with Gasteiger partial charge in [0, 0.05) is 17.0 Å². The fourth-order valence-corrected chi connectivity index (χ4v) is 6.18. The van der Waals surface area contributed by atoms with Gasteiger partial charge in [0.05, 0.1) is 29.2 Å². The van der Waals surface area contributed by atoms with Crippen molar-refractivity contribution in [2.45, 2.75) is 76.5 Å². The van der Waals surface area contributed by atoms with Gasteiger partial charge in [-0.05, 0) is 69.8 Å². The molecule has 2 heterocycles. The van der Waals surface area contributed by atoms with E-state index in [1.54, 1.807) is 6.07 Å². The summed E-state index contributed by atoms with van der Waals surface area (Å²) < 4.78 is 15.1. The number of anilines is 2. The van der Waals surface area contributed by atoms with Gasteiger partial charge >= 0.3 is 0 Å². The van der Waals surface area contributed by atoms with Crippen molar-refractivity contribution < 1.29 is 9.50 Å². The number of nitrogens with one attached hydrogen (secondary N) is 2. The van der Waals surface area contributed by atoms with Crippen molar-refractivity contribution in [3.63, 3.8) is 0 Å². The molecule has 0 bridgehead atoms. The van der Waals surface area contributed by atoms with Gasteiger partial charge in [-0.15, -0.1) is 0 Å². The lowest BCUT2D eigenvalue weighted by molar-refractivity contribution is 0.217. The van der Waals surface area contributed by atoms with Crippen LogP contribution in [0.2, 0.25) is 0 Å². The van der Waals surface area contributed by atoms with Gasteiger partial charge in [0.2, 0.25) is 0 Å². The van der Waals surface area contributed by atoms with E-state index in [9.17, 15) is 5.11 Å². The molecule has 0 unspecified atom stereocenters. The summed E-state index contributed by atoms with van der Waals surface area (Å²) in [5.74, 6) is 1.96. The molecule has 0 amide bonds. The summed E-state index contributed by atoms with van der Waals surface area (Å²) >= 11 is 1.93. The maximum atomic E-state index is 15.1. The van der Waals surface area contributed by atoms with E-state index in [0.717, 1.165) is 80.3 Å². The van der Waals surface area contributed by atoms with E-state index in [0.29, 0.717) is 29.2 Å². The van der Waals surface area contributed by atoms with Crippen LogP contribution < -0.4 is 10.6 Å². The van der Waals surface area contributed by atoms with Crippen LogP contribution in [0.1, 0.15) is 70.8 Å². The molecule has 1 saturated heterocycles. The topological polar surface area (TPSA) is 59.9 Å². The standard InChI is InChI=1S/C27H39FN4OS/c1-3-7-21(33)17-32-13-11-22(12-14-32)34-18-26-30-24(8-4-2)27-23(28)15-20(16-25(27)31-26)29-19-9-5-6-10-19/h7-8,15-16,19,22,29,33H,3-6,9-14,17-18H2,1-2H3,(H,30,31)/b21-7+,24-8+. The van der Waals surface area contributed by atoms with Gasteiger partial charge in [0.25, 0.3) is 0 Å². The highest BCUT2D eigenvalue weighted by atomic mass is 32.2. The Morgan fingerprint density at radius 2 is 1.97 bits per heavy atom. The molecule has 2 fully saturated rings. The average molecular weight is 487 g/mol. The monoisotopic (exact) mass is 486 g/mol. The first-order chi connectivity index (χ1) is 16.6. The fourth-order valence-electron chi connectivity index (χ4n) is 5.11. The molecule has 1 aromatic rings. The van der Waals surface area contributed by atoms with Gasteiger partial charge in [-0.1, -0.05) is 32.8 Å². The molecular weight excluding hydrogens is 447 g/mol. The summed E-state index contributed by atoms with van der Waals surface area (Å²) in [5, 5.41) is 17.5. The molecule has 4 rings (SSSR count). The predicted molar refractivity (Wildman–Crippen MR) is 145 cm³/mol. The predicted octanol–water partition coefficient (Wildman–Crippen LogP) is 6.80. The van der Waals surface area contributed by atoms with Crippen LogP contribution >= 0.6 is 11.8 Å². The Morgan fingerprint density at radius 1 is 1.21 bits per heavy atom. The zero-order valence-electron chi connectivity index (χ0n) is 20.6. The van der Waals surface area contributed by atoms with Crippen molar-refractivity contribution in [1.82, 2.24) is 4.90 Å². The molecule has 7 heteroatoms. The minimum atomic E-state index is -0.214. The molecule has 1 aromatic carbocycles. The number of rotatable bonds is 9. The van der Waals surface area contributed by atoms with E-state index in [4.69, 9.17) is 4.99 Å². The summed E-state index contributed by atoms with van der Waals surface area (Å²) in [6.45, 7) is 6.77. The van der Waals surface area contributed by atoms with E-state index < -0.39 is 0 Å². The lowest BCUT2D eigenvalue weighted by Gasteiger charge is -2.31. The number of likely N-dealkylation sites (tertiary alicyclic amines) is 1. The van der Waals surface area contributed by atoms with Crippen LogP contribution in [0, 0.1) is 5.82 Å². The number of nitrogens with zero attached hydrogens (tertiary/aromatic N) is 2. The van der Waals surface area contributed by atoms with Crippen molar-refractivity contribution in [3.05, 3.63) is 41.4 Å². The van der Waals surface area contributed by atoms with E-state index in [1.165, 1.54) is 12.8 Å². The number of halogens is 1. The van der Waals surface area contributed by atoms with E-state index in [1.807, 2.05) is 36.9 Å². The van der Waals surface area contributed by atoms with Gasteiger partial charge in [0.1, 0.15) is 17.4 Å². The number of amidine groups is 1. The van der Waals surface area contributed by atoms with Crippen molar-refractivity contribution in [2.24, 2.45) is 4.99 Å². The first-order valence-electron chi connectivity index (χ1n) is 12.9. The number of aliphatic hydroxyl groups is 1. The molecule has 34 heavy (non-hydrogen) atoms. The number of hydrogen-bond donors (Lipinski definition) is 3. The largest absolute Gasteiger partial charge is 0.511 e. The maximum Gasteiger partial charge on any atom is 0.136 e. The Hall–Kier alpha value is -1.99. The molecule has 1 aliphatic carbocycles. The second-order valence-electron chi connectivity index (χ2n) is 9.58. The van der Waals surface area contributed by atoms with Gasteiger partial charge in [-0.3, -0.25) is 4.90 Å². The van der Waals surface area contributed by atoms with Crippen molar-refractivity contribution in [3.8, 4) is 0 Å². The molecule has 0 atom stereocenters. The second-order valence-corrected chi connectivity index (χ2v) is 10.9. The molecule has 2 aliphatic heterocycles. The lowest BCUT2D eigenvalue weighted by Crippen LogP contribution is -2.36. The van der Waals surface area contributed by atoms with Gasteiger partial charge in [-0.2, -0.15) is 11.8 Å². The number of aliphatic hydroxyl groups excluding tert-OH is 1. The Labute approximate surface area is 208 Å². The zero-order valence-corrected chi connectivity index (χ0v) is 21.4. The smallest absolute Gasteiger partial charge is 0.136 e. The second kappa shape index (κ2) is 12.1. The molecule has 0 radical (unpaired) electrons. The fraction of sp³-hybridized carbons (Fsp3) is 0.593. The van der Waals surface area contributed by atoms with Gasteiger partial charge < -0.3 is 15.7 Å². The Bertz CT molecular complexity index is 931. The molecule has 3 aliphatic rings. The van der Waals surface area contributed by atoms with Crippen LogP contribution in [0.5, 0.6) is 0 Å². The highest BCUT2D eigenvalue weighted by Crippen LogP contribution is 2.36. The summed E-state index contributed by atoms with van der Waals surface area (Å²) in [4.78, 5) is 7.13. The van der Waals surface area contributed by atoms with E-state index in [-0.39, 0.29) is 5.82 Å². The van der Waals surface area contributed by atoms with Gasteiger partial charge in [0.15, 0.2) is 0 Å². The molecule has 3 N–H and O–H groups in total. The molecular formula is C27H39FN4OS. The SMILES string of the molecule is CC/C=C(/O)CN1CCC(SCC2=N/C(=C/CC)c3c(F)cc(NC4CCCC4)cc3N2)CC1. The third-order valence-corrected chi connectivity index (χ3v) is 8.20. The number of allylic oxidation sites excluding steroid dienone is 2. The van der Waals surface area contributed by atoms with Crippen molar-refractivity contribution >= 4 is 34.7 Å². The van der Waals surface area contributed by atoms with Crippen LogP contribution in [0.3, 0.4) is 0 Å². The summed E-state index contributed by atoms with van der Waals surface area (Å²) in [5.41, 5.74) is 3.00. The summed E-state index contributed by atoms with van der Waals surface area (Å²) in [6.07, 6.45) is 12.6. The van der Waals surface area contributed by atoms with Crippen molar-refractivity contribution in [1.29, 1.82) is 0 Å². The third kappa shape index (κ3) is 6.57. The number of thioether (sulfide) groups is 1. The maximum absolute atomic E-state index is 15.1. The first-order valence-corrected chi connectivity index (χ1v) is 14.0. The minimum Gasteiger partial charge on any atom is -0.511 e. The quantitative estimate of drug-likeness (QED) is 0.335. The van der Waals surface area contributed by atoms with Crippen LogP contribution in [0.25, 0.3) is 5.70 Å². The summed E-state index contributed by atoms with van der Waals surface area (Å²) in [7, 11) is 0. The highest BCUT2D eigenvalue weighted by molar-refractivity contribution is 8.00. The number of benzene rings is 1. The average Bonchev–Trinajstić information content (AvgIpc) is 3.31. The van der Waals surface area contributed by atoms with E-state index in [2.05, 4.69) is 22.5 Å². The van der Waals surface area contributed by atoms with Crippen LogP contribution in [-0.4, -0.2) is 52.5 Å². The van der Waals surface area contributed by atoms with Crippen LogP contribution in [-0.2, 0) is 0 Å². The number of hydrogen-bond acceptors (Lipinski definition) is 6. The van der Waals surface area contributed by atoms with Crippen LogP contribution in [0.15, 0.2) is 35.0 Å². The zero-order chi connectivity index (χ0) is 23.9. The Balaban J connectivity index is 1.37. The first kappa shape index (κ1) is 25.1. The van der Waals surface area contributed by atoms with E-state index >= 15 is 4.39 Å². The van der Waals surface area contributed by atoms with Crippen LogP contribution in [0.4, 0.5) is 15.8 Å². The third-order valence-electron chi connectivity index (χ3n) is 6.82. The molecule has 5 nitrogen and oxygen atoms in total. The number of piperidine rings is 1.